The predicted molar refractivity (Wildman–Crippen MR) is 152 cm³/mol. The van der Waals surface area contributed by atoms with E-state index in [2.05, 4.69) is 72.3 Å². The minimum Gasteiger partial charge on any atom is -0.497 e. The number of ether oxygens (including phenoxy) is 1. The molecule has 4 rings (SSSR count). The fraction of sp³-hybridized carbons (Fsp3) is 0.0938. The zero-order valence-corrected chi connectivity index (χ0v) is 21.7. The summed E-state index contributed by atoms with van der Waals surface area (Å²) in [4.78, 5) is 12.8. The van der Waals surface area contributed by atoms with Crippen LogP contribution in [0.1, 0.15) is 35.6 Å². The summed E-state index contributed by atoms with van der Waals surface area (Å²) in [5.74, 6) is 0.144. The zero-order valence-electron chi connectivity index (χ0n) is 20.9. The number of carbonyl (C=O) groups is 1. The van der Waals surface area contributed by atoms with E-state index in [1.165, 1.54) is 29.9 Å². The monoisotopic (exact) mass is 507 g/mol. The Kier molecular flexibility index (Phi) is 8.84. The zero-order chi connectivity index (χ0) is 26.0. The summed E-state index contributed by atoms with van der Waals surface area (Å²) in [6.45, 7) is 2.18. The molecule has 0 heterocycles. The number of allylic oxidation sites excluding steroid dienone is 1. The van der Waals surface area contributed by atoms with Crippen molar-refractivity contribution < 1.29 is 13.7 Å². The lowest BCUT2D eigenvalue weighted by molar-refractivity contribution is -0.114. The third-order valence-electron chi connectivity index (χ3n) is 5.92. The van der Waals surface area contributed by atoms with Crippen molar-refractivity contribution in [2.24, 2.45) is 0 Å². The van der Waals surface area contributed by atoms with Gasteiger partial charge in [-0.15, -0.1) is 0 Å². The van der Waals surface area contributed by atoms with Crippen molar-refractivity contribution in [2.75, 3.05) is 7.11 Å². The molecular weight excluding hydrogens is 478 g/mol. The number of hydrogen-bond acceptors (Lipinski definition) is 3. The van der Waals surface area contributed by atoms with Crippen molar-refractivity contribution >= 4 is 34.1 Å². The Labute approximate surface area is 220 Å². The summed E-state index contributed by atoms with van der Waals surface area (Å²) < 4.78 is 20.1. The van der Waals surface area contributed by atoms with Crippen LogP contribution in [-0.2, 0) is 15.8 Å². The van der Waals surface area contributed by atoms with Gasteiger partial charge in [-0.2, -0.15) is 0 Å². The largest absolute Gasteiger partial charge is 0.497 e. The molecule has 0 aliphatic rings. The highest BCUT2D eigenvalue weighted by molar-refractivity contribution is 7.83. The van der Waals surface area contributed by atoms with Gasteiger partial charge in [0.05, 0.1) is 12.0 Å². The van der Waals surface area contributed by atoms with Gasteiger partial charge in [0.2, 0.25) is 0 Å². The molecule has 1 unspecified atom stereocenters. The maximum atomic E-state index is 12.5. The fourth-order valence-electron chi connectivity index (χ4n) is 4.12. The van der Waals surface area contributed by atoms with Gasteiger partial charge in [-0.3, -0.25) is 9.52 Å². The lowest BCUT2D eigenvalue weighted by Crippen LogP contribution is -2.23. The molecular formula is C32H29NO3S. The van der Waals surface area contributed by atoms with Gasteiger partial charge >= 0.3 is 0 Å². The topological polar surface area (TPSA) is 55.4 Å². The van der Waals surface area contributed by atoms with E-state index in [9.17, 15) is 9.00 Å². The number of carbonyl (C=O) groups excluding carboxylic acids is 1. The highest BCUT2D eigenvalue weighted by atomic mass is 32.2. The Morgan fingerprint density at radius 2 is 1.43 bits per heavy atom. The molecule has 4 aromatic rings. The van der Waals surface area contributed by atoms with Crippen molar-refractivity contribution in [3.05, 3.63) is 138 Å². The van der Waals surface area contributed by atoms with Gasteiger partial charge in [-0.05, 0) is 64.1 Å². The molecule has 0 radical (unpaired) electrons. The molecule has 5 heteroatoms. The van der Waals surface area contributed by atoms with Crippen LogP contribution < -0.4 is 9.46 Å². The first-order valence-corrected chi connectivity index (χ1v) is 13.2. The molecule has 0 aromatic heterocycles. The molecule has 0 saturated carbocycles. The average molecular weight is 508 g/mol. The Morgan fingerprint density at radius 1 is 0.811 bits per heavy atom. The second-order valence-corrected chi connectivity index (χ2v) is 9.52. The van der Waals surface area contributed by atoms with Gasteiger partial charge in [0.25, 0.3) is 5.91 Å². The number of nitrogens with one attached hydrogen (secondary N) is 1. The Balaban J connectivity index is 1.55. The van der Waals surface area contributed by atoms with Gasteiger partial charge in [0, 0.05) is 6.08 Å². The van der Waals surface area contributed by atoms with Crippen LogP contribution in [0.25, 0.3) is 17.2 Å². The number of hydrogen-bond donors (Lipinski definition) is 1. The van der Waals surface area contributed by atoms with E-state index >= 15 is 0 Å². The second-order valence-electron chi connectivity index (χ2n) is 8.31. The van der Waals surface area contributed by atoms with E-state index in [1.807, 2.05) is 24.3 Å². The first-order chi connectivity index (χ1) is 18.1. The standard InChI is InChI=1S/C32H29NO3S/c1-3-30(25-11-6-4-7-12-25)32(26-13-8-5-9-14-26)27-20-17-24(18-21-27)19-22-31(34)33-37(35)29-16-10-15-28(23-29)36-2/h4-23H,3H2,1-2H3,(H,33,34)/b22-19+,32-30-. The van der Waals surface area contributed by atoms with Crippen molar-refractivity contribution in [1.82, 2.24) is 4.72 Å². The van der Waals surface area contributed by atoms with Crippen molar-refractivity contribution in [3.8, 4) is 5.75 Å². The molecule has 0 spiro atoms. The molecule has 0 saturated heterocycles. The van der Waals surface area contributed by atoms with Crippen LogP contribution in [0.3, 0.4) is 0 Å². The maximum absolute atomic E-state index is 12.5. The van der Waals surface area contributed by atoms with E-state index in [4.69, 9.17) is 4.74 Å². The lowest BCUT2D eigenvalue weighted by Gasteiger charge is -2.16. The van der Waals surface area contributed by atoms with Crippen LogP contribution in [0.5, 0.6) is 5.75 Å². The van der Waals surface area contributed by atoms with Crippen LogP contribution in [-0.4, -0.2) is 17.2 Å². The molecule has 186 valence electrons. The summed E-state index contributed by atoms with van der Waals surface area (Å²) in [5.41, 5.74) is 6.80. The molecule has 37 heavy (non-hydrogen) atoms. The maximum Gasteiger partial charge on any atom is 0.255 e. The van der Waals surface area contributed by atoms with Gasteiger partial charge in [-0.1, -0.05) is 97.9 Å². The Bertz CT molecular complexity index is 1430. The Morgan fingerprint density at radius 3 is 2.05 bits per heavy atom. The molecule has 0 aliphatic heterocycles. The normalized spacial score (nSPS) is 12.6. The minimum absolute atomic E-state index is 0.438. The highest BCUT2D eigenvalue weighted by Crippen LogP contribution is 2.34. The molecule has 1 amide bonds. The van der Waals surface area contributed by atoms with E-state index < -0.39 is 16.9 Å². The van der Waals surface area contributed by atoms with Gasteiger partial charge in [-0.25, -0.2) is 4.21 Å². The molecule has 0 bridgehead atoms. The van der Waals surface area contributed by atoms with Crippen LogP contribution >= 0.6 is 0 Å². The number of amides is 1. The molecule has 1 atom stereocenters. The van der Waals surface area contributed by atoms with Crippen LogP contribution in [0.2, 0.25) is 0 Å². The summed E-state index contributed by atoms with van der Waals surface area (Å²) in [5, 5.41) is 0. The van der Waals surface area contributed by atoms with E-state index in [1.54, 1.807) is 30.3 Å². The van der Waals surface area contributed by atoms with E-state index in [0.717, 1.165) is 23.1 Å². The predicted octanol–water partition coefficient (Wildman–Crippen LogP) is 6.92. The molecule has 4 aromatic carbocycles. The van der Waals surface area contributed by atoms with Gasteiger partial charge in [0.1, 0.15) is 5.75 Å². The molecule has 4 nitrogen and oxygen atoms in total. The van der Waals surface area contributed by atoms with Gasteiger partial charge < -0.3 is 4.74 Å². The van der Waals surface area contributed by atoms with Crippen LogP contribution in [0.15, 0.2) is 120 Å². The SMILES string of the molecule is CC/C(=C(\c1ccccc1)c1ccc(/C=C/C(=O)NS(=O)c2cccc(OC)c2)cc1)c1ccccc1. The Hall–Kier alpha value is -4.22. The van der Waals surface area contributed by atoms with Crippen LogP contribution in [0, 0.1) is 0 Å². The second kappa shape index (κ2) is 12.7. The first kappa shape index (κ1) is 25.9. The summed E-state index contributed by atoms with van der Waals surface area (Å²) in [6.07, 6.45) is 3.99. The highest BCUT2D eigenvalue weighted by Gasteiger charge is 2.13. The summed E-state index contributed by atoms with van der Waals surface area (Å²) in [6, 6.07) is 35.8. The molecule has 0 fully saturated rings. The smallest absolute Gasteiger partial charge is 0.255 e. The average Bonchev–Trinajstić information content (AvgIpc) is 2.96. The number of methoxy groups -OCH3 is 1. The molecule has 1 N–H and O–H groups in total. The van der Waals surface area contributed by atoms with Gasteiger partial charge in [0.15, 0.2) is 11.0 Å². The van der Waals surface area contributed by atoms with Crippen molar-refractivity contribution in [1.29, 1.82) is 0 Å². The number of rotatable bonds is 9. The fourth-order valence-corrected chi connectivity index (χ4v) is 4.91. The van der Waals surface area contributed by atoms with Crippen molar-refractivity contribution in [2.45, 2.75) is 18.2 Å². The quantitative estimate of drug-likeness (QED) is 0.198. The van der Waals surface area contributed by atoms with E-state index in [-0.39, 0.29) is 0 Å². The molecule has 0 aliphatic carbocycles. The minimum atomic E-state index is -1.68. The number of benzene rings is 4. The first-order valence-electron chi connectivity index (χ1n) is 12.1. The van der Waals surface area contributed by atoms with Crippen LogP contribution in [0.4, 0.5) is 0 Å². The summed E-state index contributed by atoms with van der Waals surface area (Å²) in [7, 11) is -0.136. The van der Waals surface area contributed by atoms with Crippen molar-refractivity contribution in [3.63, 3.8) is 0 Å². The third kappa shape index (κ3) is 6.72. The lowest BCUT2D eigenvalue weighted by atomic mass is 9.88. The summed E-state index contributed by atoms with van der Waals surface area (Å²) >= 11 is 0. The third-order valence-corrected chi connectivity index (χ3v) is 6.98. The van der Waals surface area contributed by atoms with E-state index in [0.29, 0.717) is 10.6 Å².